The van der Waals surface area contributed by atoms with Gasteiger partial charge in [0.15, 0.2) is 11.6 Å². The summed E-state index contributed by atoms with van der Waals surface area (Å²) in [5.41, 5.74) is 5.36. The van der Waals surface area contributed by atoms with Gasteiger partial charge in [0.05, 0.1) is 29.6 Å². The van der Waals surface area contributed by atoms with Crippen LogP contribution in [0.25, 0.3) is 10.9 Å². The van der Waals surface area contributed by atoms with E-state index in [1.807, 2.05) is 25.7 Å². The van der Waals surface area contributed by atoms with E-state index in [-0.39, 0.29) is 51.3 Å². The molecule has 5 saturated carbocycles. The number of pyridine rings is 1. The molecule has 2 saturated heterocycles. The molecule has 1 aromatic carbocycles. The van der Waals surface area contributed by atoms with Crippen LogP contribution in [0, 0.1) is 28.5 Å². The van der Waals surface area contributed by atoms with E-state index < -0.39 is 40.6 Å². The SMILES string of the molecule is CC(C)(C)OC(=O)NC12CCC3CC31CNC2.COc1c(N2CC3(N)CCC4CC43C2)c(F)cc2c(=O)c(C(=O)O)cn([C@@H]3C[C@@H]3F)c12. The molecule has 8 atom stereocenters. The molecule has 11 nitrogen and oxygen atoms in total. The summed E-state index contributed by atoms with van der Waals surface area (Å²) in [7, 11) is 1.38. The molecular weight excluding hydrogens is 624 g/mol. The molecule has 7 aliphatic rings. The number of fused-ring (bicyclic) bond motifs is 1. The summed E-state index contributed by atoms with van der Waals surface area (Å²) in [6.45, 7) is 8.77. The van der Waals surface area contributed by atoms with Gasteiger partial charge >= 0.3 is 12.1 Å². The number of rotatable bonds is 5. The van der Waals surface area contributed by atoms with E-state index in [0.717, 1.165) is 57.0 Å². The zero-order chi connectivity index (χ0) is 34.2. The number of nitrogens with one attached hydrogen (secondary N) is 2. The number of carboxylic acid groups (broad SMARTS) is 1. The number of nitrogens with two attached hydrogens (primary N) is 1. The Hall–Kier alpha value is -3.45. The Morgan fingerprint density at radius 3 is 2.42 bits per heavy atom. The number of hydrogen-bond donors (Lipinski definition) is 4. The Balaban J connectivity index is 0.000000167. The number of alkyl halides is 1. The van der Waals surface area contributed by atoms with Crippen LogP contribution in [0.2, 0.25) is 0 Å². The van der Waals surface area contributed by atoms with Gasteiger partial charge in [-0.25, -0.2) is 18.4 Å². The molecule has 1 amide bonds. The highest BCUT2D eigenvalue weighted by Crippen LogP contribution is 2.71. The summed E-state index contributed by atoms with van der Waals surface area (Å²) < 4.78 is 41.9. The predicted octanol–water partition coefficient (Wildman–Crippen LogP) is 4.10. The van der Waals surface area contributed by atoms with E-state index in [2.05, 4.69) is 10.6 Å². The molecule has 48 heavy (non-hydrogen) atoms. The Kier molecular flexibility index (Phi) is 6.66. The Bertz CT molecular complexity index is 1800. The number of alkyl carbamates (subject to hydrolysis) is 1. The average molecular weight is 670 g/mol. The molecule has 5 aliphatic carbocycles. The lowest BCUT2D eigenvalue weighted by Gasteiger charge is -2.33. The number of methoxy groups -OCH3 is 1. The molecule has 9 rings (SSSR count). The summed E-state index contributed by atoms with van der Waals surface area (Å²) in [6, 6.07) is 0.451. The van der Waals surface area contributed by atoms with Crippen molar-refractivity contribution in [1.82, 2.24) is 15.2 Å². The fourth-order valence-corrected chi connectivity index (χ4v) is 10.2. The van der Waals surface area contributed by atoms with Crippen LogP contribution in [0.5, 0.6) is 5.75 Å². The van der Waals surface area contributed by atoms with Gasteiger partial charge in [0.2, 0.25) is 5.43 Å². The lowest BCUT2D eigenvalue weighted by Crippen LogP contribution is -2.54. The number of ether oxygens (including phenoxy) is 2. The first-order valence-electron chi connectivity index (χ1n) is 17.2. The summed E-state index contributed by atoms with van der Waals surface area (Å²) >= 11 is 0. The van der Waals surface area contributed by atoms with Gasteiger partial charge in [-0.3, -0.25) is 4.79 Å². The third-order valence-corrected chi connectivity index (χ3v) is 12.8. The minimum Gasteiger partial charge on any atom is -0.492 e. The number of carboxylic acids is 1. The van der Waals surface area contributed by atoms with Crippen molar-refractivity contribution in [2.45, 2.75) is 94.6 Å². The van der Waals surface area contributed by atoms with Crippen LogP contribution in [0.3, 0.4) is 0 Å². The van der Waals surface area contributed by atoms with Crippen LogP contribution in [0.1, 0.15) is 82.1 Å². The number of benzene rings is 1. The third-order valence-electron chi connectivity index (χ3n) is 12.8. The van der Waals surface area contributed by atoms with Crippen LogP contribution in [0.4, 0.5) is 19.3 Å². The maximum absolute atomic E-state index is 15.5. The van der Waals surface area contributed by atoms with E-state index in [0.29, 0.717) is 24.4 Å². The standard InChI is InChI=1S/C22H23F2N3O4.C13H22N2O2/c1-31-19-16-11(18(28)12(20(29)30)7-27(16)15-5-13(15)23)4-14(24)17(19)26-8-21-6-10(21)2-3-22(21,25)9-26;1-11(2,3)17-10(16)15-13-5-4-9-6-12(9,13)7-14-8-13/h4,7,10,13,15H,2-3,5-6,8-9,25H2,1H3,(H,29,30);9,14H,4-8H2,1-3H3,(H,15,16)/t10?,13-,15+,21?,22?;/m0./s1. The second-order valence-electron chi connectivity index (χ2n) is 16.6. The second-order valence-corrected chi connectivity index (χ2v) is 16.6. The van der Waals surface area contributed by atoms with Crippen LogP contribution in [-0.4, -0.2) is 77.9 Å². The number of nitrogens with zero attached hydrogens (tertiary/aromatic N) is 2. The van der Waals surface area contributed by atoms with E-state index in [1.165, 1.54) is 24.5 Å². The van der Waals surface area contributed by atoms with E-state index in [9.17, 15) is 23.9 Å². The first kappa shape index (κ1) is 31.8. The third kappa shape index (κ3) is 4.45. The number of anilines is 1. The fraction of sp³-hybridized carbons (Fsp3) is 0.686. The van der Waals surface area contributed by atoms with Crippen molar-refractivity contribution in [1.29, 1.82) is 0 Å². The predicted molar refractivity (Wildman–Crippen MR) is 174 cm³/mol. The Morgan fingerprint density at radius 2 is 1.81 bits per heavy atom. The van der Waals surface area contributed by atoms with Gasteiger partial charge in [-0.15, -0.1) is 0 Å². The molecule has 6 unspecified atom stereocenters. The van der Waals surface area contributed by atoms with Crippen molar-refractivity contribution in [3.8, 4) is 5.75 Å². The minimum absolute atomic E-state index is 0.00718. The van der Waals surface area contributed by atoms with Crippen LogP contribution >= 0.6 is 0 Å². The molecule has 260 valence electrons. The van der Waals surface area contributed by atoms with Gasteiger partial charge in [-0.2, -0.15) is 0 Å². The zero-order valence-electron chi connectivity index (χ0n) is 28.0. The van der Waals surface area contributed by atoms with Crippen molar-refractivity contribution < 1.29 is 33.0 Å². The van der Waals surface area contributed by atoms with Crippen molar-refractivity contribution >= 4 is 28.7 Å². The molecule has 0 bridgehead atoms. The van der Waals surface area contributed by atoms with E-state index in [1.54, 1.807) is 0 Å². The molecule has 0 radical (unpaired) electrons. The first-order valence-corrected chi connectivity index (χ1v) is 17.2. The summed E-state index contributed by atoms with van der Waals surface area (Å²) in [6.07, 6.45) is 6.60. The molecule has 2 spiro atoms. The van der Waals surface area contributed by atoms with E-state index >= 15 is 4.39 Å². The minimum atomic E-state index is -1.43. The zero-order valence-corrected chi connectivity index (χ0v) is 28.0. The highest BCUT2D eigenvalue weighted by atomic mass is 19.1. The number of aromatic carboxylic acids is 1. The maximum atomic E-state index is 15.5. The Morgan fingerprint density at radius 1 is 1.12 bits per heavy atom. The maximum Gasteiger partial charge on any atom is 0.408 e. The number of aromatic nitrogens is 1. The van der Waals surface area contributed by atoms with Gasteiger partial charge < -0.3 is 40.4 Å². The number of amides is 1. The number of carbonyl (C=O) groups excluding carboxylic acids is 1. The van der Waals surface area contributed by atoms with Gasteiger partial charge in [0.1, 0.15) is 23.0 Å². The monoisotopic (exact) mass is 669 g/mol. The first-order chi connectivity index (χ1) is 22.6. The van der Waals surface area contributed by atoms with Crippen molar-refractivity contribution in [2.75, 3.05) is 38.2 Å². The molecule has 13 heteroatoms. The van der Waals surface area contributed by atoms with Gasteiger partial charge in [0, 0.05) is 55.2 Å². The van der Waals surface area contributed by atoms with Crippen LogP contribution in [0.15, 0.2) is 17.1 Å². The molecule has 7 fully saturated rings. The second kappa shape index (κ2) is 10.1. The topological polar surface area (TPSA) is 148 Å². The number of hydrogen-bond acceptors (Lipinski definition) is 8. The fourth-order valence-electron chi connectivity index (χ4n) is 10.2. The van der Waals surface area contributed by atoms with Gasteiger partial charge in [-0.05, 0) is 77.2 Å². The number of halogens is 2. The lowest BCUT2D eigenvalue weighted by atomic mass is 9.85. The largest absolute Gasteiger partial charge is 0.492 e. The van der Waals surface area contributed by atoms with Gasteiger partial charge in [0.25, 0.3) is 0 Å². The van der Waals surface area contributed by atoms with Crippen molar-refractivity contribution in [2.24, 2.45) is 28.4 Å². The summed E-state index contributed by atoms with van der Waals surface area (Å²) in [5.74, 6) is -0.586. The highest BCUT2D eigenvalue weighted by Gasteiger charge is 2.74. The average Bonchev–Trinajstić information content (AvgIpc) is 3.91. The molecule has 2 aromatic rings. The van der Waals surface area contributed by atoms with Crippen LogP contribution in [-0.2, 0) is 4.74 Å². The highest BCUT2D eigenvalue weighted by molar-refractivity contribution is 5.97. The summed E-state index contributed by atoms with van der Waals surface area (Å²) in [5, 5.41) is 15.9. The molecule has 5 N–H and O–H groups in total. The van der Waals surface area contributed by atoms with E-state index in [4.69, 9.17) is 15.2 Å². The normalized spacial score (nSPS) is 37.9. The van der Waals surface area contributed by atoms with Crippen molar-refractivity contribution in [3.05, 3.63) is 33.9 Å². The molecule has 3 heterocycles. The summed E-state index contributed by atoms with van der Waals surface area (Å²) in [4.78, 5) is 38.3. The lowest BCUT2D eigenvalue weighted by molar-refractivity contribution is 0.0432. The number of carbonyl (C=O) groups is 2. The quantitative estimate of drug-likeness (QED) is 0.369. The Labute approximate surface area is 277 Å². The smallest absolute Gasteiger partial charge is 0.408 e. The molecular formula is C35H45F2N5O6. The van der Waals surface area contributed by atoms with Crippen molar-refractivity contribution in [3.63, 3.8) is 0 Å². The van der Waals surface area contributed by atoms with Crippen LogP contribution < -0.4 is 31.4 Å². The molecule has 2 aliphatic heterocycles. The molecule has 1 aromatic heterocycles. The van der Waals surface area contributed by atoms with Gasteiger partial charge in [-0.1, -0.05) is 0 Å².